The molecular weight excluding hydrogens is 510 g/mol. The highest BCUT2D eigenvalue weighted by atomic mass is 32.2. The van der Waals surface area contributed by atoms with Crippen LogP contribution in [0.5, 0.6) is 5.88 Å². The van der Waals surface area contributed by atoms with Crippen molar-refractivity contribution in [3.63, 3.8) is 0 Å². The summed E-state index contributed by atoms with van der Waals surface area (Å²) in [7, 11) is -2.16. The number of nitriles is 1. The van der Waals surface area contributed by atoms with Gasteiger partial charge in [0.1, 0.15) is 22.4 Å². The number of aromatic nitrogens is 2. The summed E-state index contributed by atoms with van der Waals surface area (Å²) >= 11 is 0. The van der Waals surface area contributed by atoms with Crippen LogP contribution in [-0.4, -0.2) is 63.8 Å². The molecule has 5 rings (SSSR count). The zero-order valence-corrected chi connectivity index (χ0v) is 21.6. The lowest BCUT2D eigenvalue weighted by Gasteiger charge is -2.24. The Labute approximate surface area is 219 Å². The van der Waals surface area contributed by atoms with E-state index in [0.29, 0.717) is 35.7 Å². The maximum Gasteiger partial charge on any atom is 0.263 e. The summed E-state index contributed by atoms with van der Waals surface area (Å²) in [6.07, 6.45) is 2.11. The van der Waals surface area contributed by atoms with Gasteiger partial charge in [-0.1, -0.05) is 12.1 Å². The van der Waals surface area contributed by atoms with Gasteiger partial charge in [0, 0.05) is 38.3 Å². The average molecular weight is 538 g/mol. The second-order valence-corrected chi connectivity index (χ2v) is 12.1. The van der Waals surface area contributed by atoms with Crippen LogP contribution in [0, 0.1) is 11.3 Å². The Morgan fingerprint density at radius 3 is 2.66 bits per heavy atom. The maximum absolute atomic E-state index is 13.2. The van der Waals surface area contributed by atoms with E-state index in [4.69, 9.17) is 10.00 Å². The van der Waals surface area contributed by atoms with Gasteiger partial charge in [0.2, 0.25) is 15.9 Å². The molecule has 2 fully saturated rings. The number of hydrogen-bond acceptors (Lipinski definition) is 8. The highest BCUT2D eigenvalue weighted by Crippen LogP contribution is 2.46. The fourth-order valence-corrected chi connectivity index (χ4v) is 6.75. The molecule has 0 radical (unpaired) electrons. The summed E-state index contributed by atoms with van der Waals surface area (Å²) in [5.41, 5.74) is 1.04. The van der Waals surface area contributed by atoms with Crippen molar-refractivity contribution in [2.24, 2.45) is 7.05 Å². The van der Waals surface area contributed by atoms with Crippen molar-refractivity contribution >= 4 is 26.8 Å². The van der Waals surface area contributed by atoms with Crippen LogP contribution < -0.4 is 15.6 Å². The topological polar surface area (TPSA) is 155 Å². The number of carbonyl (C=O) groups excluding carboxylic acids is 1. The van der Waals surface area contributed by atoms with E-state index < -0.39 is 32.3 Å². The molecule has 2 aromatic heterocycles. The molecule has 1 saturated heterocycles. The van der Waals surface area contributed by atoms with Gasteiger partial charge >= 0.3 is 0 Å². The third-order valence-electron chi connectivity index (χ3n) is 7.17. The minimum atomic E-state index is -3.67. The molecule has 2 aliphatic rings. The standard InChI is InChI=1S/C26H27N5O6S/c1-30-22-19(12-21(25(30)34)23(33)29-14-18-4-2-17(13-27)3-5-18)6-10-28-24(22)37-16-26(8-9-26)38(35,36)31-11-7-20(32)15-31/h2-6,10,12,20,32H,7-9,11,14-16H2,1H3,(H,29,33). The van der Waals surface area contributed by atoms with Crippen molar-refractivity contribution in [2.45, 2.75) is 36.7 Å². The third kappa shape index (κ3) is 4.64. The number of nitrogens with zero attached hydrogens (tertiary/aromatic N) is 4. The fourth-order valence-electron chi connectivity index (χ4n) is 4.66. The predicted molar refractivity (Wildman–Crippen MR) is 138 cm³/mol. The Balaban J connectivity index is 1.35. The highest BCUT2D eigenvalue weighted by molar-refractivity contribution is 7.90. The van der Waals surface area contributed by atoms with Gasteiger partial charge < -0.3 is 19.7 Å². The van der Waals surface area contributed by atoms with Gasteiger partial charge in [0.15, 0.2) is 0 Å². The molecule has 0 spiro atoms. The molecule has 12 heteroatoms. The Hall–Kier alpha value is -3.79. The van der Waals surface area contributed by atoms with E-state index in [1.807, 2.05) is 6.07 Å². The lowest BCUT2D eigenvalue weighted by atomic mass is 10.1. The van der Waals surface area contributed by atoms with Gasteiger partial charge in [-0.2, -0.15) is 9.57 Å². The van der Waals surface area contributed by atoms with Crippen LogP contribution in [-0.2, 0) is 23.6 Å². The monoisotopic (exact) mass is 537 g/mol. The van der Waals surface area contributed by atoms with Gasteiger partial charge in [-0.25, -0.2) is 13.4 Å². The Bertz CT molecular complexity index is 1610. The summed E-state index contributed by atoms with van der Waals surface area (Å²) in [6, 6.07) is 11.9. The third-order valence-corrected chi connectivity index (χ3v) is 9.80. The number of benzene rings is 1. The zero-order chi connectivity index (χ0) is 27.1. The number of hydrogen-bond donors (Lipinski definition) is 2. The molecule has 1 aromatic carbocycles. The van der Waals surface area contributed by atoms with Crippen LogP contribution in [0.25, 0.3) is 10.9 Å². The number of amides is 1. The van der Waals surface area contributed by atoms with E-state index in [9.17, 15) is 23.1 Å². The smallest absolute Gasteiger partial charge is 0.263 e. The second kappa shape index (κ2) is 9.83. The molecule has 1 amide bonds. The first kappa shape index (κ1) is 25.8. The normalized spacial score (nSPS) is 18.7. The first-order chi connectivity index (χ1) is 18.1. The van der Waals surface area contributed by atoms with Crippen molar-refractivity contribution in [2.75, 3.05) is 19.7 Å². The largest absolute Gasteiger partial charge is 0.474 e. The number of rotatable bonds is 8. The van der Waals surface area contributed by atoms with Crippen LogP contribution in [0.15, 0.2) is 47.4 Å². The number of carbonyl (C=O) groups is 1. The minimum Gasteiger partial charge on any atom is -0.474 e. The number of β-amino-alcohol motifs (C(OH)–C–C–N with tert-alkyl or cyclic N) is 1. The summed E-state index contributed by atoms with van der Waals surface area (Å²) in [6.45, 7) is 0.416. The maximum atomic E-state index is 13.2. The fraction of sp³-hybridized carbons (Fsp3) is 0.385. The number of sulfonamides is 1. The number of ether oxygens (including phenoxy) is 1. The first-order valence-electron chi connectivity index (χ1n) is 12.2. The van der Waals surface area contributed by atoms with Gasteiger partial charge in [-0.15, -0.1) is 0 Å². The minimum absolute atomic E-state index is 0.0559. The molecule has 3 aromatic rings. The molecule has 1 saturated carbocycles. The summed E-state index contributed by atoms with van der Waals surface area (Å²) < 4.78 is 33.8. The van der Waals surface area contributed by atoms with Crippen molar-refractivity contribution < 1.29 is 23.1 Å². The molecule has 38 heavy (non-hydrogen) atoms. The Morgan fingerprint density at radius 1 is 1.29 bits per heavy atom. The number of aryl methyl sites for hydroxylation is 1. The number of nitrogens with one attached hydrogen (secondary N) is 1. The van der Waals surface area contributed by atoms with Crippen LogP contribution in [0.3, 0.4) is 0 Å². The summed E-state index contributed by atoms with van der Waals surface area (Å²) in [5.74, 6) is -0.443. The number of aliphatic hydroxyl groups excluding tert-OH is 1. The molecule has 0 bridgehead atoms. The first-order valence-corrected chi connectivity index (χ1v) is 13.7. The molecule has 11 nitrogen and oxygen atoms in total. The van der Waals surface area contributed by atoms with Crippen molar-refractivity contribution in [1.29, 1.82) is 5.26 Å². The molecule has 3 heterocycles. The lowest BCUT2D eigenvalue weighted by Crippen LogP contribution is -2.42. The van der Waals surface area contributed by atoms with Crippen LogP contribution in [0.1, 0.15) is 40.7 Å². The SMILES string of the molecule is Cn1c(=O)c(C(=O)NCc2ccc(C#N)cc2)cc2ccnc(OCC3(S(=O)(=O)N4CCC(O)C4)CC3)c21. The van der Waals surface area contributed by atoms with Crippen molar-refractivity contribution in [3.8, 4) is 11.9 Å². The molecule has 1 atom stereocenters. The lowest BCUT2D eigenvalue weighted by molar-refractivity contribution is 0.0949. The van der Waals surface area contributed by atoms with Gasteiger partial charge in [-0.3, -0.25) is 9.59 Å². The van der Waals surface area contributed by atoms with Crippen LogP contribution >= 0.6 is 0 Å². The van der Waals surface area contributed by atoms with Gasteiger partial charge in [0.25, 0.3) is 11.5 Å². The summed E-state index contributed by atoms with van der Waals surface area (Å²) in [4.78, 5) is 30.2. The highest BCUT2D eigenvalue weighted by Gasteiger charge is 2.58. The van der Waals surface area contributed by atoms with Crippen LogP contribution in [0.2, 0.25) is 0 Å². The van der Waals surface area contributed by atoms with E-state index in [1.54, 1.807) is 30.3 Å². The van der Waals surface area contributed by atoms with Crippen molar-refractivity contribution in [1.82, 2.24) is 19.2 Å². The molecular formula is C26H27N5O6S. The predicted octanol–water partition coefficient (Wildman–Crippen LogP) is 1.04. The zero-order valence-electron chi connectivity index (χ0n) is 20.8. The van der Waals surface area contributed by atoms with E-state index in [2.05, 4.69) is 10.3 Å². The van der Waals surface area contributed by atoms with E-state index in [0.717, 1.165) is 5.56 Å². The van der Waals surface area contributed by atoms with Gasteiger partial charge in [-0.05, 0) is 49.1 Å². The Kier molecular flexibility index (Phi) is 6.68. The number of pyridine rings is 2. The summed E-state index contributed by atoms with van der Waals surface area (Å²) in [5, 5.41) is 22.0. The molecule has 1 unspecified atom stereocenters. The molecule has 1 aliphatic carbocycles. The second-order valence-electron chi connectivity index (χ2n) is 9.74. The van der Waals surface area contributed by atoms with Crippen molar-refractivity contribution in [3.05, 3.63) is 69.6 Å². The average Bonchev–Trinajstić information content (AvgIpc) is 3.60. The molecule has 2 N–H and O–H groups in total. The Morgan fingerprint density at radius 2 is 2.03 bits per heavy atom. The van der Waals surface area contributed by atoms with Gasteiger partial charge in [0.05, 0.1) is 17.7 Å². The van der Waals surface area contributed by atoms with E-state index in [-0.39, 0.29) is 37.7 Å². The van der Waals surface area contributed by atoms with Crippen LogP contribution in [0.4, 0.5) is 0 Å². The van der Waals surface area contributed by atoms with E-state index in [1.165, 1.54) is 28.2 Å². The molecule has 198 valence electrons. The number of fused-ring (bicyclic) bond motifs is 1. The number of aliphatic hydroxyl groups is 1. The molecule has 1 aliphatic heterocycles. The van der Waals surface area contributed by atoms with E-state index >= 15 is 0 Å². The quantitative estimate of drug-likeness (QED) is 0.432.